The maximum Gasteiger partial charge on any atom is 0.408 e. The van der Waals surface area contributed by atoms with Gasteiger partial charge in [0.05, 0.1) is 9.80 Å². The van der Waals surface area contributed by atoms with Crippen LogP contribution in [0.3, 0.4) is 0 Å². The number of fused-ring (bicyclic) bond motifs is 3. The third kappa shape index (κ3) is 3.87. The summed E-state index contributed by atoms with van der Waals surface area (Å²) in [5.41, 5.74) is 0.543. The molecule has 1 atom stereocenters. The molecule has 0 fully saturated rings. The van der Waals surface area contributed by atoms with Gasteiger partial charge in [-0.05, 0) is 29.4 Å². The summed E-state index contributed by atoms with van der Waals surface area (Å²) in [7, 11) is -3.79. The van der Waals surface area contributed by atoms with Gasteiger partial charge < -0.3 is 15.2 Å². The Morgan fingerprint density at radius 2 is 1.86 bits per heavy atom. The molecule has 0 saturated carbocycles. The highest BCUT2D eigenvalue weighted by Crippen LogP contribution is 2.38. The van der Waals surface area contributed by atoms with Crippen LogP contribution in [0.5, 0.6) is 0 Å². The van der Waals surface area contributed by atoms with Crippen LogP contribution >= 0.6 is 0 Å². The van der Waals surface area contributed by atoms with Gasteiger partial charge in [-0.3, -0.25) is 0 Å². The lowest BCUT2D eigenvalue weighted by atomic mass is 10.0. The Hall–Kier alpha value is -2.87. The van der Waals surface area contributed by atoms with Gasteiger partial charge in [-0.2, -0.15) is 0 Å². The first-order chi connectivity index (χ1) is 13.2. The van der Waals surface area contributed by atoms with E-state index in [2.05, 4.69) is 5.32 Å². The number of hydrogen-bond acceptors (Lipinski definition) is 5. The minimum absolute atomic E-state index is 0.0373. The predicted octanol–water partition coefficient (Wildman–Crippen LogP) is 3.19. The van der Waals surface area contributed by atoms with E-state index in [0.717, 1.165) is 5.39 Å². The van der Waals surface area contributed by atoms with Crippen molar-refractivity contribution in [2.24, 2.45) is 5.92 Å². The van der Waals surface area contributed by atoms with Gasteiger partial charge in [0.25, 0.3) is 0 Å². The van der Waals surface area contributed by atoms with Crippen LogP contribution in [0.1, 0.15) is 25.8 Å². The van der Waals surface area contributed by atoms with Crippen molar-refractivity contribution in [2.75, 3.05) is 6.61 Å². The molecule has 148 valence electrons. The van der Waals surface area contributed by atoms with Crippen LogP contribution < -0.4 is 5.32 Å². The second kappa shape index (κ2) is 7.63. The van der Waals surface area contributed by atoms with E-state index in [-0.39, 0.29) is 22.1 Å². The van der Waals surface area contributed by atoms with E-state index >= 15 is 0 Å². The Labute approximate surface area is 162 Å². The van der Waals surface area contributed by atoms with Gasteiger partial charge in [-0.25, -0.2) is 18.0 Å². The topological polar surface area (TPSA) is 110 Å². The number of rotatable bonds is 6. The van der Waals surface area contributed by atoms with E-state index in [4.69, 9.17) is 4.74 Å². The van der Waals surface area contributed by atoms with E-state index in [1.807, 2.05) is 32.0 Å². The molecule has 0 spiro atoms. The standard InChI is InChI=1S/C20H21NO6S/c1-12(2)9-17(19(22)23)21-20(24)27-11-15-10-14-8-7-13-5-3-4-6-16(13)18(14)28(15,25)26/h3-8,10,12,17H,9,11H2,1-2H3,(H,21,24)(H,22,23)/t17-/m0/s1. The maximum atomic E-state index is 12.9. The zero-order valence-electron chi connectivity index (χ0n) is 15.5. The molecule has 8 heteroatoms. The molecule has 28 heavy (non-hydrogen) atoms. The number of benzene rings is 2. The zero-order chi connectivity index (χ0) is 20.5. The number of ether oxygens (including phenoxy) is 1. The molecule has 0 radical (unpaired) electrons. The van der Waals surface area contributed by atoms with Gasteiger partial charge in [0.1, 0.15) is 12.6 Å². The molecule has 2 aromatic rings. The van der Waals surface area contributed by atoms with Gasteiger partial charge in [0.2, 0.25) is 9.84 Å². The zero-order valence-corrected chi connectivity index (χ0v) is 16.3. The maximum absolute atomic E-state index is 12.9. The van der Waals surface area contributed by atoms with Gasteiger partial charge in [0.15, 0.2) is 0 Å². The molecule has 2 N–H and O–H groups in total. The SMILES string of the molecule is CC(C)C[C@H](NC(=O)OCC1=Cc2ccc3ccccc3c2S1(=O)=O)C(=O)O. The summed E-state index contributed by atoms with van der Waals surface area (Å²) in [6.07, 6.45) is 0.751. The minimum Gasteiger partial charge on any atom is -0.480 e. The highest BCUT2D eigenvalue weighted by atomic mass is 32.2. The summed E-state index contributed by atoms with van der Waals surface area (Å²) in [6, 6.07) is 9.61. The number of carbonyl (C=O) groups excluding carboxylic acids is 1. The number of sulfone groups is 1. The van der Waals surface area contributed by atoms with Crippen molar-refractivity contribution < 1.29 is 27.9 Å². The van der Waals surface area contributed by atoms with Crippen LogP contribution in [0.25, 0.3) is 16.8 Å². The lowest BCUT2D eigenvalue weighted by molar-refractivity contribution is -0.139. The normalized spacial score (nSPS) is 15.8. The molecular formula is C20H21NO6S. The largest absolute Gasteiger partial charge is 0.480 e. The molecule has 2 aromatic carbocycles. The number of carboxylic acid groups (broad SMARTS) is 1. The first-order valence-corrected chi connectivity index (χ1v) is 10.3. The highest BCUT2D eigenvalue weighted by molar-refractivity contribution is 7.96. The third-order valence-electron chi connectivity index (χ3n) is 4.48. The summed E-state index contributed by atoms with van der Waals surface area (Å²) in [6.45, 7) is 3.20. The second-order valence-corrected chi connectivity index (χ2v) is 9.00. The lowest BCUT2D eigenvalue weighted by Crippen LogP contribution is -2.42. The fourth-order valence-electron chi connectivity index (χ4n) is 3.19. The second-order valence-electron chi connectivity index (χ2n) is 7.06. The number of nitrogens with one attached hydrogen (secondary N) is 1. The van der Waals surface area contributed by atoms with E-state index in [1.54, 1.807) is 18.2 Å². The molecule has 0 bridgehead atoms. The number of carboxylic acids is 1. The van der Waals surface area contributed by atoms with Crippen LogP contribution in [0.15, 0.2) is 46.2 Å². The lowest BCUT2D eigenvalue weighted by Gasteiger charge is -2.16. The Morgan fingerprint density at radius 3 is 2.54 bits per heavy atom. The van der Waals surface area contributed by atoms with Crippen LogP contribution in [0, 0.1) is 5.92 Å². The fraction of sp³-hybridized carbons (Fsp3) is 0.300. The predicted molar refractivity (Wildman–Crippen MR) is 104 cm³/mol. The molecule has 3 rings (SSSR count). The van der Waals surface area contributed by atoms with Crippen molar-refractivity contribution in [1.29, 1.82) is 0 Å². The van der Waals surface area contributed by atoms with E-state index in [0.29, 0.717) is 10.9 Å². The molecule has 7 nitrogen and oxygen atoms in total. The summed E-state index contributed by atoms with van der Waals surface area (Å²) in [4.78, 5) is 23.4. The Morgan fingerprint density at radius 1 is 1.14 bits per heavy atom. The summed E-state index contributed by atoms with van der Waals surface area (Å²) >= 11 is 0. The van der Waals surface area contributed by atoms with Crippen molar-refractivity contribution in [3.05, 3.63) is 46.9 Å². The number of aliphatic carboxylic acids is 1. The molecular weight excluding hydrogens is 382 g/mol. The van der Waals surface area contributed by atoms with Crippen LogP contribution in [-0.4, -0.2) is 38.2 Å². The molecule has 0 aromatic heterocycles. The van der Waals surface area contributed by atoms with Crippen LogP contribution in [-0.2, 0) is 19.4 Å². The summed E-state index contributed by atoms with van der Waals surface area (Å²) in [5.74, 6) is -1.11. The third-order valence-corrected chi connectivity index (χ3v) is 6.40. The minimum atomic E-state index is -3.79. The first-order valence-electron chi connectivity index (χ1n) is 8.83. The molecule has 0 saturated heterocycles. The van der Waals surface area contributed by atoms with Crippen molar-refractivity contribution in [1.82, 2.24) is 5.32 Å². The fourth-order valence-corrected chi connectivity index (χ4v) is 4.86. The number of carbonyl (C=O) groups is 2. The summed E-state index contributed by atoms with van der Waals surface area (Å²) < 4.78 is 30.8. The van der Waals surface area contributed by atoms with Crippen LogP contribution in [0.2, 0.25) is 0 Å². The molecule has 1 aliphatic heterocycles. The smallest absolute Gasteiger partial charge is 0.408 e. The summed E-state index contributed by atoms with van der Waals surface area (Å²) in [5, 5.41) is 12.9. The first kappa shape index (κ1) is 19.9. The average Bonchev–Trinajstić information content (AvgIpc) is 2.89. The average molecular weight is 403 g/mol. The van der Waals surface area contributed by atoms with Gasteiger partial charge in [-0.15, -0.1) is 0 Å². The van der Waals surface area contributed by atoms with Gasteiger partial charge in [-0.1, -0.05) is 50.2 Å². The Kier molecular flexibility index (Phi) is 5.42. The number of amides is 1. The number of hydrogen-bond donors (Lipinski definition) is 2. The monoisotopic (exact) mass is 403 g/mol. The Balaban J connectivity index is 1.74. The molecule has 0 aliphatic carbocycles. The van der Waals surface area contributed by atoms with Gasteiger partial charge >= 0.3 is 12.1 Å². The Bertz CT molecular complexity index is 1070. The van der Waals surface area contributed by atoms with E-state index in [9.17, 15) is 23.1 Å². The van der Waals surface area contributed by atoms with Crippen molar-refractivity contribution in [3.8, 4) is 0 Å². The molecule has 1 amide bonds. The molecule has 1 aliphatic rings. The van der Waals surface area contributed by atoms with E-state index < -0.39 is 34.5 Å². The molecule has 1 heterocycles. The van der Waals surface area contributed by atoms with Gasteiger partial charge in [0, 0.05) is 5.39 Å². The molecule has 0 unspecified atom stereocenters. The van der Waals surface area contributed by atoms with E-state index in [1.165, 1.54) is 6.08 Å². The van der Waals surface area contributed by atoms with Crippen molar-refractivity contribution in [2.45, 2.75) is 31.2 Å². The highest BCUT2D eigenvalue weighted by Gasteiger charge is 2.32. The van der Waals surface area contributed by atoms with Crippen molar-refractivity contribution in [3.63, 3.8) is 0 Å². The van der Waals surface area contributed by atoms with Crippen molar-refractivity contribution >= 4 is 38.7 Å². The number of alkyl carbamates (subject to hydrolysis) is 1. The quantitative estimate of drug-likeness (QED) is 0.766. The van der Waals surface area contributed by atoms with Crippen LogP contribution in [0.4, 0.5) is 4.79 Å².